The fraction of sp³-hybridized carbons (Fsp3) is 0.0588. The van der Waals surface area contributed by atoms with Gasteiger partial charge in [0, 0.05) is 17.2 Å². The molecule has 0 radical (unpaired) electrons. The Morgan fingerprint density at radius 2 is 1.24 bits per heavy atom. The summed E-state index contributed by atoms with van der Waals surface area (Å²) in [6.07, 6.45) is 1.05. The third-order valence-electron chi connectivity index (χ3n) is 3.18. The highest BCUT2D eigenvalue weighted by Gasteiger charge is 2.26. The molecule has 0 heterocycles. The van der Waals surface area contributed by atoms with E-state index < -0.39 is 53.2 Å². The first-order valence-electron chi connectivity index (χ1n) is 7.24. The van der Waals surface area contributed by atoms with Crippen LogP contribution in [0.4, 0.5) is 22.0 Å². The van der Waals surface area contributed by atoms with E-state index in [1.165, 1.54) is 12.1 Å². The third kappa shape index (κ3) is 5.37. The maximum Gasteiger partial charge on any atom is 0.336 e. The Morgan fingerprint density at radius 3 is 1.76 bits per heavy atom. The Morgan fingerprint density at radius 1 is 0.793 bits per heavy atom. The van der Waals surface area contributed by atoms with Gasteiger partial charge in [-0.25, -0.2) is 31.5 Å². The minimum Gasteiger partial charge on any atom is -0.457 e. The number of ether oxygens (including phenoxy) is 2. The first kappa shape index (κ1) is 22.9. The summed E-state index contributed by atoms with van der Waals surface area (Å²) in [5, 5.41) is -0.0247. The zero-order valence-corrected chi connectivity index (χ0v) is 15.9. The zero-order valence-electron chi connectivity index (χ0n) is 13.7. The van der Waals surface area contributed by atoms with Crippen LogP contribution < -0.4 is 4.74 Å². The molecule has 0 saturated heterocycles. The van der Waals surface area contributed by atoms with E-state index in [1.54, 1.807) is 0 Å². The summed E-state index contributed by atoms with van der Waals surface area (Å²) in [6, 6.07) is 2.47. The van der Waals surface area contributed by atoms with Crippen molar-refractivity contribution >= 4 is 46.7 Å². The van der Waals surface area contributed by atoms with Crippen LogP contribution in [0.25, 0.3) is 0 Å². The molecule has 29 heavy (non-hydrogen) atoms. The maximum absolute atomic E-state index is 13.5. The second-order valence-electron chi connectivity index (χ2n) is 5.11. The summed E-state index contributed by atoms with van der Waals surface area (Å²) in [7, 11) is 0. The van der Waals surface area contributed by atoms with Gasteiger partial charge in [-0.2, -0.15) is 0 Å². The second-order valence-corrected chi connectivity index (χ2v) is 6.36. The van der Waals surface area contributed by atoms with Crippen molar-refractivity contribution in [3.63, 3.8) is 0 Å². The molecule has 0 bridgehead atoms. The van der Waals surface area contributed by atoms with E-state index in [0.717, 1.165) is 0 Å². The molecular formula is C17H6Cl3F5O4. The van der Waals surface area contributed by atoms with Crippen molar-refractivity contribution < 1.29 is 41.0 Å². The van der Waals surface area contributed by atoms with Crippen molar-refractivity contribution in [2.75, 3.05) is 0 Å². The summed E-state index contributed by atoms with van der Waals surface area (Å²) in [5.41, 5.74) is -1.36. The number of carbonyl (C=O) groups excluding carboxylic acids is 2. The summed E-state index contributed by atoms with van der Waals surface area (Å²) < 4.78 is 75.2. The zero-order chi connectivity index (χ0) is 21.9. The molecule has 154 valence electrons. The fourth-order valence-corrected chi connectivity index (χ4v) is 2.76. The number of hydrogen-bond donors (Lipinski definition) is 0. The lowest BCUT2D eigenvalue weighted by Gasteiger charge is -2.08. The molecule has 0 N–H and O–H groups in total. The number of hydrogen-bond acceptors (Lipinski definition) is 4. The Kier molecular flexibility index (Phi) is 7.45. The van der Waals surface area contributed by atoms with Gasteiger partial charge in [0.2, 0.25) is 5.82 Å². The van der Waals surface area contributed by atoms with Crippen LogP contribution in [0.5, 0.6) is 5.75 Å². The molecule has 0 saturated carbocycles. The molecular weight excluding hydrogens is 470 g/mol. The standard InChI is InChI=1S/C17H6Cl3F5O4/c18-6-3-8(19)17(9(20)4-6)29-11(27)2-1-10(26)28-5-7-12(21)14(23)16(25)15(24)13(7)22/h1-4H,5H2/b2-1+. The lowest BCUT2D eigenvalue weighted by molar-refractivity contribution is -0.139. The normalized spacial score (nSPS) is 11.0. The Hall–Kier alpha value is -2.36. The quantitative estimate of drug-likeness (QED) is 0.142. The number of esters is 2. The van der Waals surface area contributed by atoms with Crippen LogP contribution in [0, 0.1) is 29.1 Å². The van der Waals surface area contributed by atoms with Crippen molar-refractivity contribution in [2.45, 2.75) is 6.61 Å². The summed E-state index contributed by atoms with van der Waals surface area (Å²) >= 11 is 17.3. The van der Waals surface area contributed by atoms with Crippen molar-refractivity contribution in [2.24, 2.45) is 0 Å². The van der Waals surface area contributed by atoms with Crippen LogP contribution in [0.3, 0.4) is 0 Å². The minimum atomic E-state index is -2.35. The molecule has 2 aromatic rings. The Labute approximate surface area is 174 Å². The average molecular weight is 476 g/mol. The van der Waals surface area contributed by atoms with Gasteiger partial charge in [0.25, 0.3) is 0 Å². The van der Waals surface area contributed by atoms with Crippen molar-refractivity contribution in [3.8, 4) is 5.75 Å². The summed E-state index contributed by atoms with van der Waals surface area (Å²) in [5.74, 6) is -13.7. The van der Waals surface area contributed by atoms with Gasteiger partial charge in [0.1, 0.15) is 6.61 Å². The molecule has 0 aliphatic carbocycles. The van der Waals surface area contributed by atoms with Crippen LogP contribution in [-0.2, 0) is 20.9 Å². The van der Waals surface area contributed by atoms with Gasteiger partial charge in [-0.3, -0.25) is 0 Å². The predicted molar refractivity (Wildman–Crippen MR) is 92.3 cm³/mol. The van der Waals surface area contributed by atoms with Gasteiger partial charge in [0.05, 0.1) is 15.6 Å². The smallest absolute Gasteiger partial charge is 0.336 e. The monoisotopic (exact) mass is 474 g/mol. The molecule has 2 rings (SSSR count). The highest BCUT2D eigenvalue weighted by molar-refractivity contribution is 6.40. The molecule has 0 atom stereocenters. The summed E-state index contributed by atoms with van der Waals surface area (Å²) in [6.45, 7) is -1.28. The number of rotatable bonds is 5. The van der Waals surface area contributed by atoms with Gasteiger partial charge >= 0.3 is 11.9 Å². The van der Waals surface area contributed by atoms with Crippen molar-refractivity contribution in [1.29, 1.82) is 0 Å². The second kappa shape index (κ2) is 9.43. The molecule has 0 aromatic heterocycles. The third-order valence-corrected chi connectivity index (χ3v) is 3.96. The lowest BCUT2D eigenvalue weighted by atomic mass is 10.2. The average Bonchev–Trinajstić information content (AvgIpc) is 2.66. The van der Waals surface area contributed by atoms with Gasteiger partial charge in [-0.1, -0.05) is 34.8 Å². The van der Waals surface area contributed by atoms with E-state index in [2.05, 4.69) is 4.74 Å². The Balaban J connectivity index is 2.03. The van der Waals surface area contributed by atoms with Crippen LogP contribution in [0.2, 0.25) is 15.1 Å². The molecule has 12 heteroatoms. The van der Waals surface area contributed by atoms with Gasteiger partial charge in [-0.15, -0.1) is 0 Å². The summed E-state index contributed by atoms with van der Waals surface area (Å²) in [4.78, 5) is 23.2. The molecule has 0 amide bonds. The fourth-order valence-electron chi connectivity index (χ4n) is 1.87. The van der Waals surface area contributed by atoms with Gasteiger partial charge in [-0.05, 0) is 12.1 Å². The SMILES string of the molecule is O=C(/C=C/C(=O)Oc1c(Cl)cc(Cl)cc1Cl)OCc1c(F)c(F)c(F)c(F)c1F. The van der Waals surface area contributed by atoms with Gasteiger partial charge in [0.15, 0.2) is 29.0 Å². The van der Waals surface area contributed by atoms with E-state index in [0.29, 0.717) is 12.2 Å². The minimum absolute atomic E-state index is 0.0989. The van der Waals surface area contributed by atoms with Crippen LogP contribution in [-0.4, -0.2) is 11.9 Å². The lowest BCUT2D eigenvalue weighted by Crippen LogP contribution is -2.11. The van der Waals surface area contributed by atoms with E-state index >= 15 is 0 Å². The van der Waals surface area contributed by atoms with Crippen molar-refractivity contribution in [1.82, 2.24) is 0 Å². The molecule has 4 nitrogen and oxygen atoms in total. The highest BCUT2D eigenvalue weighted by atomic mass is 35.5. The van der Waals surface area contributed by atoms with E-state index in [-0.39, 0.29) is 20.8 Å². The molecule has 0 fully saturated rings. The number of carbonyl (C=O) groups is 2. The molecule has 0 aliphatic rings. The molecule has 0 unspecified atom stereocenters. The van der Waals surface area contributed by atoms with Crippen LogP contribution >= 0.6 is 34.8 Å². The van der Waals surface area contributed by atoms with Crippen LogP contribution in [0.1, 0.15) is 5.56 Å². The van der Waals surface area contributed by atoms with Gasteiger partial charge < -0.3 is 9.47 Å². The van der Waals surface area contributed by atoms with Crippen molar-refractivity contribution in [3.05, 3.63) is 74.0 Å². The molecule has 2 aromatic carbocycles. The maximum atomic E-state index is 13.5. The Bertz CT molecular complexity index is 975. The first-order valence-corrected chi connectivity index (χ1v) is 8.37. The first-order chi connectivity index (χ1) is 13.5. The molecule has 0 spiro atoms. The van der Waals surface area contributed by atoms with E-state index in [9.17, 15) is 31.5 Å². The predicted octanol–water partition coefficient (Wildman–Crippen LogP) is 5.55. The molecule has 0 aliphatic heterocycles. The number of halogens is 8. The van der Waals surface area contributed by atoms with Crippen LogP contribution in [0.15, 0.2) is 24.3 Å². The van der Waals surface area contributed by atoms with E-state index in [4.69, 9.17) is 39.5 Å². The highest BCUT2D eigenvalue weighted by Crippen LogP contribution is 2.35. The largest absolute Gasteiger partial charge is 0.457 e. The van der Waals surface area contributed by atoms with E-state index in [1.807, 2.05) is 0 Å². The number of benzene rings is 2. The topological polar surface area (TPSA) is 52.6 Å².